The number of aromatic nitrogens is 3. The van der Waals surface area contributed by atoms with E-state index in [9.17, 15) is 4.79 Å². The van der Waals surface area contributed by atoms with Crippen molar-refractivity contribution in [2.24, 2.45) is 0 Å². The van der Waals surface area contributed by atoms with Gasteiger partial charge in [-0.2, -0.15) is 0 Å². The average molecular weight is 338 g/mol. The van der Waals surface area contributed by atoms with Gasteiger partial charge in [-0.3, -0.25) is 14.8 Å². The average Bonchev–Trinajstić information content (AvgIpc) is 3.03. The Bertz CT molecular complexity index is 833. The molecule has 0 aliphatic heterocycles. The summed E-state index contributed by atoms with van der Waals surface area (Å²) in [7, 11) is 1.80. The van der Waals surface area contributed by atoms with Crippen LogP contribution < -0.4 is 0 Å². The van der Waals surface area contributed by atoms with E-state index in [-0.39, 0.29) is 11.9 Å². The Morgan fingerprint density at radius 2 is 2.04 bits per heavy atom. The van der Waals surface area contributed by atoms with Gasteiger partial charge in [-0.25, -0.2) is 4.98 Å². The summed E-state index contributed by atoms with van der Waals surface area (Å²) in [5, 5.41) is 0.808. The van der Waals surface area contributed by atoms with E-state index >= 15 is 0 Å². The van der Waals surface area contributed by atoms with Crippen molar-refractivity contribution in [3.8, 4) is 10.6 Å². The standard InChI is InChI=1S/C18H18N4OS/c1-12-16(24-17(21-12)14-7-6-9-19-11-14)18(23)22(3)13(2)15-8-4-5-10-20-15/h4-11,13H,1-3H3. The van der Waals surface area contributed by atoms with E-state index in [1.807, 2.05) is 44.2 Å². The molecule has 1 amide bonds. The third-order valence-electron chi connectivity index (χ3n) is 3.92. The highest BCUT2D eigenvalue weighted by atomic mass is 32.1. The largest absolute Gasteiger partial charge is 0.333 e. The molecule has 0 saturated heterocycles. The summed E-state index contributed by atoms with van der Waals surface area (Å²) in [5.74, 6) is -0.0432. The minimum absolute atomic E-state index is 0.0432. The number of nitrogens with zero attached hydrogens (tertiary/aromatic N) is 4. The zero-order valence-corrected chi connectivity index (χ0v) is 14.6. The SMILES string of the molecule is Cc1nc(-c2cccnc2)sc1C(=O)N(C)C(C)c1ccccn1. The normalized spacial score (nSPS) is 12.0. The summed E-state index contributed by atoms with van der Waals surface area (Å²) in [6, 6.07) is 9.42. The van der Waals surface area contributed by atoms with Crippen LogP contribution in [0.5, 0.6) is 0 Å². The van der Waals surface area contributed by atoms with Gasteiger partial charge in [0.2, 0.25) is 0 Å². The third kappa shape index (κ3) is 3.19. The Kier molecular flexibility index (Phi) is 4.66. The van der Waals surface area contributed by atoms with Gasteiger partial charge in [0.25, 0.3) is 5.91 Å². The van der Waals surface area contributed by atoms with Gasteiger partial charge in [-0.1, -0.05) is 6.07 Å². The van der Waals surface area contributed by atoms with Gasteiger partial charge in [-0.05, 0) is 38.1 Å². The first-order chi connectivity index (χ1) is 11.6. The molecule has 0 spiro atoms. The van der Waals surface area contributed by atoms with Crippen LogP contribution >= 0.6 is 11.3 Å². The molecule has 0 aliphatic carbocycles. The molecule has 0 N–H and O–H groups in total. The van der Waals surface area contributed by atoms with Crippen LogP contribution in [-0.2, 0) is 0 Å². The Morgan fingerprint density at radius 1 is 1.21 bits per heavy atom. The molecule has 3 heterocycles. The number of hydrogen-bond acceptors (Lipinski definition) is 5. The molecule has 1 unspecified atom stereocenters. The quantitative estimate of drug-likeness (QED) is 0.727. The highest BCUT2D eigenvalue weighted by molar-refractivity contribution is 7.17. The number of carbonyl (C=O) groups excluding carboxylic acids is 1. The summed E-state index contributed by atoms with van der Waals surface area (Å²) in [6.45, 7) is 3.83. The molecular weight excluding hydrogens is 320 g/mol. The number of thiazole rings is 1. The Balaban J connectivity index is 1.86. The molecule has 0 aromatic carbocycles. The highest BCUT2D eigenvalue weighted by Crippen LogP contribution is 2.29. The smallest absolute Gasteiger partial charge is 0.266 e. The Labute approximate surface area is 145 Å². The zero-order valence-electron chi connectivity index (χ0n) is 13.8. The van der Waals surface area contributed by atoms with Gasteiger partial charge in [0.1, 0.15) is 9.88 Å². The van der Waals surface area contributed by atoms with Crippen molar-refractivity contribution in [2.75, 3.05) is 7.05 Å². The molecule has 24 heavy (non-hydrogen) atoms. The molecule has 3 aromatic rings. The van der Waals surface area contributed by atoms with Crippen molar-refractivity contribution in [3.63, 3.8) is 0 Å². The molecule has 0 radical (unpaired) electrons. The van der Waals surface area contributed by atoms with Crippen LogP contribution in [0.25, 0.3) is 10.6 Å². The van der Waals surface area contributed by atoms with E-state index in [0.717, 1.165) is 22.0 Å². The predicted octanol–water partition coefficient (Wildman–Crippen LogP) is 3.74. The first kappa shape index (κ1) is 16.3. The fourth-order valence-electron chi connectivity index (χ4n) is 2.37. The zero-order chi connectivity index (χ0) is 17.1. The lowest BCUT2D eigenvalue weighted by Crippen LogP contribution is -2.30. The maximum atomic E-state index is 12.9. The van der Waals surface area contributed by atoms with E-state index in [0.29, 0.717) is 4.88 Å². The first-order valence-electron chi connectivity index (χ1n) is 7.64. The number of amides is 1. The fourth-order valence-corrected chi connectivity index (χ4v) is 3.40. The highest BCUT2D eigenvalue weighted by Gasteiger charge is 2.24. The van der Waals surface area contributed by atoms with Crippen LogP contribution in [0.4, 0.5) is 0 Å². The van der Waals surface area contributed by atoms with Gasteiger partial charge in [0, 0.05) is 31.2 Å². The molecule has 5 nitrogen and oxygen atoms in total. The molecule has 3 rings (SSSR count). The third-order valence-corrected chi connectivity index (χ3v) is 5.11. The minimum Gasteiger partial charge on any atom is -0.333 e. The summed E-state index contributed by atoms with van der Waals surface area (Å²) < 4.78 is 0. The van der Waals surface area contributed by atoms with Crippen LogP contribution in [0.15, 0.2) is 48.9 Å². The van der Waals surface area contributed by atoms with Gasteiger partial charge >= 0.3 is 0 Å². The molecule has 3 aromatic heterocycles. The van der Waals surface area contributed by atoms with Crippen LogP contribution in [-0.4, -0.2) is 32.8 Å². The van der Waals surface area contributed by atoms with Crippen molar-refractivity contribution in [2.45, 2.75) is 19.9 Å². The molecule has 0 saturated carbocycles. The lowest BCUT2D eigenvalue weighted by molar-refractivity contribution is 0.0743. The van der Waals surface area contributed by atoms with E-state index in [1.165, 1.54) is 11.3 Å². The summed E-state index contributed by atoms with van der Waals surface area (Å²) in [6.07, 6.45) is 5.22. The topological polar surface area (TPSA) is 59.0 Å². The molecule has 6 heteroatoms. The monoisotopic (exact) mass is 338 g/mol. The van der Waals surface area contributed by atoms with E-state index in [2.05, 4.69) is 15.0 Å². The number of aryl methyl sites for hydroxylation is 1. The minimum atomic E-state index is -0.109. The molecule has 0 fully saturated rings. The fraction of sp³-hybridized carbons (Fsp3) is 0.222. The molecule has 1 atom stereocenters. The second-order valence-electron chi connectivity index (χ2n) is 5.52. The van der Waals surface area contributed by atoms with E-state index < -0.39 is 0 Å². The van der Waals surface area contributed by atoms with Crippen molar-refractivity contribution in [3.05, 3.63) is 65.2 Å². The van der Waals surface area contributed by atoms with E-state index in [1.54, 1.807) is 30.5 Å². The number of pyridine rings is 2. The van der Waals surface area contributed by atoms with Crippen molar-refractivity contribution < 1.29 is 4.79 Å². The van der Waals surface area contributed by atoms with Gasteiger partial charge < -0.3 is 4.90 Å². The lowest BCUT2D eigenvalue weighted by atomic mass is 10.2. The van der Waals surface area contributed by atoms with Crippen LogP contribution in [0.3, 0.4) is 0 Å². The Hall–Kier alpha value is -2.60. The first-order valence-corrected chi connectivity index (χ1v) is 8.45. The number of carbonyl (C=O) groups is 1. The molecule has 0 bridgehead atoms. The second kappa shape index (κ2) is 6.88. The second-order valence-corrected chi connectivity index (χ2v) is 6.52. The molecular formula is C18H18N4OS. The van der Waals surface area contributed by atoms with Crippen LogP contribution in [0, 0.1) is 6.92 Å². The van der Waals surface area contributed by atoms with Crippen molar-refractivity contribution in [1.29, 1.82) is 0 Å². The van der Waals surface area contributed by atoms with Crippen LogP contribution in [0.2, 0.25) is 0 Å². The summed E-state index contributed by atoms with van der Waals surface area (Å²) >= 11 is 1.40. The number of rotatable bonds is 4. The maximum absolute atomic E-state index is 12.9. The lowest BCUT2D eigenvalue weighted by Gasteiger charge is -2.24. The van der Waals surface area contributed by atoms with Gasteiger partial charge in [0.15, 0.2) is 0 Å². The summed E-state index contributed by atoms with van der Waals surface area (Å²) in [4.78, 5) is 28.2. The van der Waals surface area contributed by atoms with Crippen molar-refractivity contribution >= 4 is 17.2 Å². The Morgan fingerprint density at radius 3 is 2.71 bits per heavy atom. The maximum Gasteiger partial charge on any atom is 0.266 e. The van der Waals surface area contributed by atoms with Crippen molar-refractivity contribution in [1.82, 2.24) is 19.9 Å². The van der Waals surface area contributed by atoms with Crippen LogP contribution in [0.1, 0.15) is 34.0 Å². The predicted molar refractivity (Wildman–Crippen MR) is 94.8 cm³/mol. The molecule has 0 aliphatic rings. The number of hydrogen-bond donors (Lipinski definition) is 0. The molecule has 122 valence electrons. The van der Waals surface area contributed by atoms with Gasteiger partial charge in [-0.15, -0.1) is 11.3 Å². The van der Waals surface area contributed by atoms with Gasteiger partial charge in [0.05, 0.1) is 17.4 Å². The summed E-state index contributed by atoms with van der Waals surface area (Å²) in [5.41, 5.74) is 2.53. The van der Waals surface area contributed by atoms with E-state index in [4.69, 9.17) is 0 Å².